The van der Waals surface area contributed by atoms with Gasteiger partial charge in [0.1, 0.15) is 6.61 Å². The van der Waals surface area contributed by atoms with Crippen LogP contribution in [0.5, 0.6) is 11.5 Å². The Kier molecular flexibility index (Phi) is 8.26. The van der Waals surface area contributed by atoms with Crippen LogP contribution in [0.4, 0.5) is 0 Å². The molecule has 5 rings (SSSR count). The number of hydrogen-bond donors (Lipinski definition) is 0. The molecule has 2 heterocycles. The summed E-state index contributed by atoms with van der Waals surface area (Å²) in [7, 11) is 0. The predicted octanol–water partition coefficient (Wildman–Crippen LogP) is 6.59. The summed E-state index contributed by atoms with van der Waals surface area (Å²) in [6.07, 6.45) is 5.24. The Morgan fingerprint density at radius 2 is 1.62 bits per heavy atom. The Morgan fingerprint density at radius 3 is 2.32 bits per heavy atom. The number of ether oxygens (including phenoxy) is 2. The normalized spacial score (nSPS) is 17.2. The maximum atomic E-state index is 12.7. The van der Waals surface area contributed by atoms with Crippen LogP contribution in [0.25, 0.3) is 6.08 Å². The van der Waals surface area contributed by atoms with Crippen molar-refractivity contribution < 1.29 is 14.3 Å². The fraction of sp³-hybridized carbons (Fsp3) is 0.290. The van der Waals surface area contributed by atoms with E-state index < -0.39 is 0 Å². The van der Waals surface area contributed by atoms with E-state index in [-0.39, 0.29) is 5.91 Å². The Hall–Kier alpha value is -3.51. The van der Waals surface area contributed by atoms with Crippen molar-refractivity contribution >= 4 is 28.9 Å². The average molecular weight is 513 g/mol. The molecule has 3 aromatic rings. The summed E-state index contributed by atoms with van der Waals surface area (Å²) in [6.45, 7) is 4.82. The summed E-state index contributed by atoms with van der Waals surface area (Å²) in [4.78, 5) is 20.0. The van der Waals surface area contributed by atoms with Crippen LogP contribution in [0, 0.1) is 5.92 Å². The summed E-state index contributed by atoms with van der Waals surface area (Å²) >= 11 is 1.47. The van der Waals surface area contributed by atoms with Gasteiger partial charge in [0.05, 0.1) is 11.5 Å². The molecule has 0 atom stereocenters. The quantitative estimate of drug-likeness (QED) is 0.319. The van der Waals surface area contributed by atoms with Crippen molar-refractivity contribution in [3.05, 3.63) is 100 Å². The summed E-state index contributed by atoms with van der Waals surface area (Å²) in [6, 6.07) is 26.5. The lowest BCUT2D eigenvalue weighted by molar-refractivity contribution is -0.113. The largest absolute Gasteiger partial charge is 0.490 e. The van der Waals surface area contributed by atoms with Gasteiger partial charge in [0.15, 0.2) is 16.7 Å². The molecule has 190 valence electrons. The van der Waals surface area contributed by atoms with Gasteiger partial charge in [-0.25, -0.2) is 0 Å². The predicted molar refractivity (Wildman–Crippen MR) is 151 cm³/mol. The molecule has 0 radical (unpaired) electrons. The first-order chi connectivity index (χ1) is 18.2. The Labute approximate surface area is 223 Å². The number of carbonyl (C=O) groups excluding carboxylic acids is 1. The van der Waals surface area contributed by atoms with Gasteiger partial charge >= 0.3 is 0 Å². The first-order valence-electron chi connectivity index (χ1n) is 12.9. The molecule has 0 unspecified atom stereocenters. The Bertz CT molecular complexity index is 1270. The van der Waals surface area contributed by atoms with E-state index in [0.717, 1.165) is 48.6 Å². The van der Waals surface area contributed by atoms with Crippen LogP contribution in [0.15, 0.2) is 88.8 Å². The molecule has 1 fully saturated rings. The molecule has 0 aliphatic carbocycles. The number of amides is 1. The average Bonchev–Trinajstić information content (AvgIpc) is 3.30. The Morgan fingerprint density at radius 1 is 0.919 bits per heavy atom. The molecule has 0 N–H and O–H groups in total. The van der Waals surface area contributed by atoms with Gasteiger partial charge in [0.2, 0.25) is 0 Å². The van der Waals surface area contributed by atoms with Gasteiger partial charge in [0, 0.05) is 13.1 Å². The minimum Gasteiger partial charge on any atom is -0.490 e. The number of amidine groups is 1. The number of likely N-dealkylation sites (tertiary alicyclic amines) is 1. The molecule has 1 amide bonds. The molecule has 0 aromatic heterocycles. The highest BCUT2D eigenvalue weighted by atomic mass is 32.2. The number of aliphatic imine (C=N–C) groups is 1. The lowest BCUT2D eigenvalue weighted by atomic mass is 9.90. The van der Waals surface area contributed by atoms with Crippen molar-refractivity contribution in [2.24, 2.45) is 10.9 Å². The lowest BCUT2D eigenvalue weighted by Gasteiger charge is -2.32. The zero-order valence-electron chi connectivity index (χ0n) is 21.1. The molecule has 2 aliphatic heterocycles. The van der Waals surface area contributed by atoms with Crippen LogP contribution >= 0.6 is 11.8 Å². The van der Waals surface area contributed by atoms with Crippen molar-refractivity contribution in [3.63, 3.8) is 0 Å². The minimum atomic E-state index is -0.172. The number of carbonyl (C=O) groups is 1. The highest BCUT2D eigenvalue weighted by Crippen LogP contribution is 2.35. The van der Waals surface area contributed by atoms with E-state index in [1.54, 1.807) is 0 Å². The molecule has 37 heavy (non-hydrogen) atoms. The second-order valence-corrected chi connectivity index (χ2v) is 10.4. The maximum Gasteiger partial charge on any atom is 0.286 e. The third-order valence-electron chi connectivity index (χ3n) is 6.66. The van der Waals surface area contributed by atoms with Crippen LogP contribution in [-0.2, 0) is 17.8 Å². The number of rotatable bonds is 8. The second-order valence-electron chi connectivity index (χ2n) is 9.34. The van der Waals surface area contributed by atoms with E-state index in [1.807, 2.05) is 61.5 Å². The van der Waals surface area contributed by atoms with Crippen LogP contribution in [0.1, 0.15) is 36.5 Å². The summed E-state index contributed by atoms with van der Waals surface area (Å²) < 4.78 is 11.9. The fourth-order valence-corrected chi connectivity index (χ4v) is 5.66. The van der Waals surface area contributed by atoms with Gasteiger partial charge in [-0.05, 0) is 78.8 Å². The van der Waals surface area contributed by atoms with Gasteiger partial charge in [-0.1, -0.05) is 66.7 Å². The van der Waals surface area contributed by atoms with Crippen LogP contribution in [0.2, 0.25) is 0 Å². The smallest absolute Gasteiger partial charge is 0.286 e. The van der Waals surface area contributed by atoms with E-state index >= 15 is 0 Å². The Balaban J connectivity index is 1.20. The molecule has 2 aliphatic rings. The molecule has 0 bridgehead atoms. The number of hydrogen-bond acceptors (Lipinski definition) is 5. The lowest BCUT2D eigenvalue weighted by Crippen LogP contribution is -2.37. The standard InChI is InChI=1S/C31H32N2O3S/c1-2-35-28-20-26(13-14-27(28)36-22-25-11-7-4-8-12-25)21-29-30(34)32-31(37-29)33-17-15-24(16-18-33)19-23-9-5-3-6-10-23/h3-14,20-21,24H,2,15-19,22H2,1H3. The molecular formula is C31H32N2O3S. The van der Waals surface area contributed by atoms with Crippen molar-refractivity contribution in [3.8, 4) is 11.5 Å². The summed E-state index contributed by atoms with van der Waals surface area (Å²) in [5.74, 6) is 1.86. The minimum absolute atomic E-state index is 0.172. The zero-order chi connectivity index (χ0) is 25.5. The van der Waals surface area contributed by atoms with E-state index in [2.05, 4.69) is 40.2 Å². The number of nitrogens with zero attached hydrogens (tertiary/aromatic N) is 2. The molecule has 0 saturated carbocycles. The highest BCUT2D eigenvalue weighted by molar-refractivity contribution is 8.18. The molecular weight excluding hydrogens is 480 g/mol. The van der Waals surface area contributed by atoms with Gasteiger partial charge in [-0.15, -0.1) is 0 Å². The summed E-state index contributed by atoms with van der Waals surface area (Å²) in [5.41, 5.74) is 3.39. The van der Waals surface area contributed by atoms with Crippen molar-refractivity contribution in [2.75, 3.05) is 19.7 Å². The number of thioether (sulfide) groups is 1. The molecule has 1 saturated heterocycles. The van der Waals surface area contributed by atoms with Crippen molar-refractivity contribution in [1.29, 1.82) is 0 Å². The van der Waals surface area contributed by atoms with Gasteiger partial charge in [-0.2, -0.15) is 4.99 Å². The van der Waals surface area contributed by atoms with Crippen LogP contribution in [-0.4, -0.2) is 35.7 Å². The van der Waals surface area contributed by atoms with E-state index in [1.165, 1.54) is 17.3 Å². The first-order valence-corrected chi connectivity index (χ1v) is 13.7. The number of benzene rings is 3. The SMILES string of the molecule is CCOc1cc(C=C2SC(N3CCC(Cc4ccccc4)CC3)=NC2=O)ccc1OCc1ccccc1. The number of piperidine rings is 1. The summed E-state index contributed by atoms with van der Waals surface area (Å²) in [5, 5.41) is 0.822. The van der Waals surface area contributed by atoms with Crippen LogP contribution < -0.4 is 9.47 Å². The monoisotopic (exact) mass is 512 g/mol. The first kappa shape index (κ1) is 25.2. The third kappa shape index (κ3) is 6.63. The molecule has 0 spiro atoms. The van der Waals surface area contributed by atoms with Gasteiger partial charge in [-0.3, -0.25) is 4.79 Å². The second kappa shape index (κ2) is 12.2. The van der Waals surface area contributed by atoms with E-state index in [0.29, 0.717) is 35.5 Å². The third-order valence-corrected chi connectivity index (χ3v) is 7.71. The molecule has 5 nitrogen and oxygen atoms in total. The topological polar surface area (TPSA) is 51.1 Å². The molecule has 6 heteroatoms. The van der Waals surface area contributed by atoms with E-state index in [4.69, 9.17) is 9.47 Å². The fourth-order valence-electron chi connectivity index (χ4n) is 4.70. The molecule has 3 aromatic carbocycles. The highest BCUT2D eigenvalue weighted by Gasteiger charge is 2.29. The van der Waals surface area contributed by atoms with Gasteiger partial charge < -0.3 is 14.4 Å². The van der Waals surface area contributed by atoms with E-state index in [9.17, 15) is 4.79 Å². The van der Waals surface area contributed by atoms with Crippen molar-refractivity contribution in [1.82, 2.24) is 4.90 Å². The zero-order valence-corrected chi connectivity index (χ0v) is 22.0. The maximum absolute atomic E-state index is 12.7. The van der Waals surface area contributed by atoms with Crippen LogP contribution in [0.3, 0.4) is 0 Å². The van der Waals surface area contributed by atoms with Crippen molar-refractivity contribution in [2.45, 2.75) is 32.8 Å². The van der Waals surface area contributed by atoms with Gasteiger partial charge in [0.25, 0.3) is 5.91 Å².